The molecule has 5 heteroatoms. The molecule has 0 unspecified atom stereocenters. The number of hydrogen-bond acceptors (Lipinski definition) is 4. The van der Waals surface area contributed by atoms with Gasteiger partial charge in [0.1, 0.15) is 5.76 Å². The molecular formula is C11H19N3O2. The summed E-state index contributed by atoms with van der Waals surface area (Å²) in [5.74, 6) is 5.75. The van der Waals surface area contributed by atoms with E-state index in [0.717, 1.165) is 24.3 Å². The lowest BCUT2D eigenvalue weighted by molar-refractivity contribution is 0.0921. The Balaban J connectivity index is 2.73. The van der Waals surface area contributed by atoms with Crippen molar-refractivity contribution in [3.63, 3.8) is 0 Å². The molecule has 0 saturated carbocycles. The summed E-state index contributed by atoms with van der Waals surface area (Å²) < 4.78 is 5.45. The van der Waals surface area contributed by atoms with Crippen LogP contribution in [0.1, 0.15) is 35.2 Å². The molecule has 0 radical (unpaired) electrons. The molecule has 0 spiro atoms. The molecule has 1 aromatic rings. The van der Waals surface area contributed by atoms with Gasteiger partial charge in [-0.1, -0.05) is 6.92 Å². The summed E-state index contributed by atoms with van der Waals surface area (Å²) in [6.45, 7) is 5.65. The van der Waals surface area contributed by atoms with Gasteiger partial charge in [-0.15, -0.1) is 0 Å². The van der Waals surface area contributed by atoms with E-state index in [4.69, 9.17) is 10.3 Å². The second kappa shape index (κ2) is 5.67. The minimum Gasteiger partial charge on any atom is -0.454 e. The number of amides is 1. The molecule has 0 bridgehead atoms. The van der Waals surface area contributed by atoms with Gasteiger partial charge in [-0.3, -0.25) is 15.1 Å². The van der Waals surface area contributed by atoms with Crippen molar-refractivity contribution in [3.8, 4) is 0 Å². The molecule has 90 valence electrons. The highest BCUT2D eigenvalue weighted by molar-refractivity contribution is 5.92. The predicted molar refractivity (Wildman–Crippen MR) is 61.7 cm³/mol. The summed E-state index contributed by atoms with van der Waals surface area (Å²) in [5.41, 5.74) is 2.88. The monoisotopic (exact) mass is 225 g/mol. The van der Waals surface area contributed by atoms with Gasteiger partial charge in [0.05, 0.1) is 6.54 Å². The van der Waals surface area contributed by atoms with Crippen molar-refractivity contribution < 1.29 is 9.21 Å². The maximum Gasteiger partial charge on any atom is 0.301 e. The molecule has 0 aliphatic carbocycles. The molecule has 0 atom stereocenters. The van der Waals surface area contributed by atoms with Crippen LogP contribution < -0.4 is 11.3 Å². The van der Waals surface area contributed by atoms with Crippen LogP contribution in [0.15, 0.2) is 10.5 Å². The SMILES string of the molecule is CCCN(C)Cc1cc(C)c(C(=O)NN)o1. The second-order valence-electron chi connectivity index (χ2n) is 3.94. The molecule has 1 amide bonds. The quantitative estimate of drug-likeness (QED) is 0.446. The standard InChI is InChI=1S/C11H19N3O2/c1-4-5-14(3)7-9-6-8(2)10(16-9)11(15)13-12/h6H,4-5,7,12H2,1-3H3,(H,13,15). The fourth-order valence-electron chi connectivity index (χ4n) is 1.64. The molecule has 1 heterocycles. The molecule has 1 rings (SSSR count). The van der Waals surface area contributed by atoms with Crippen LogP contribution in [0.2, 0.25) is 0 Å². The summed E-state index contributed by atoms with van der Waals surface area (Å²) in [6, 6.07) is 1.87. The van der Waals surface area contributed by atoms with Gasteiger partial charge in [-0.25, -0.2) is 5.84 Å². The molecule has 0 fully saturated rings. The number of aryl methyl sites for hydroxylation is 1. The molecule has 3 N–H and O–H groups in total. The lowest BCUT2D eigenvalue weighted by Gasteiger charge is -2.12. The molecule has 5 nitrogen and oxygen atoms in total. The zero-order valence-electron chi connectivity index (χ0n) is 10.0. The van der Waals surface area contributed by atoms with E-state index in [1.54, 1.807) is 0 Å². The van der Waals surface area contributed by atoms with Gasteiger partial charge in [0, 0.05) is 5.56 Å². The van der Waals surface area contributed by atoms with Gasteiger partial charge in [-0.05, 0) is 33.0 Å². The predicted octanol–water partition coefficient (Wildman–Crippen LogP) is 1.03. The first-order chi connectivity index (χ1) is 7.58. The number of nitrogens with two attached hydrogens (primary N) is 1. The summed E-state index contributed by atoms with van der Waals surface area (Å²) in [7, 11) is 2.02. The Morgan fingerprint density at radius 1 is 1.62 bits per heavy atom. The molecule has 0 aliphatic rings. The Bertz CT molecular complexity index is 360. The van der Waals surface area contributed by atoms with E-state index < -0.39 is 0 Å². The third-order valence-corrected chi connectivity index (χ3v) is 2.34. The number of hydrazine groups is 1. The summed E-state index contributed by atoms with van der Waals surface area (Å²) in [5, 5.41) is 0. The van der Waals surface area contributed by atoms with Crippen molar-refractivity contribution in [1.82, 2.24) is 10.3 Å². The Morgan fingerprint density at radius 2 is 2.31 bits per heavy atom. The Kier molecular flexibility index (Phi) is 4.52. The van der Waals surface area contributed by atoms with Gasteiger partial charge in [0.2, 0.25) is 0 Å². The van der Waals surface area contributed by atoms with Crippen LogP contribution >= 0.6 is 0 Å². The molecule has 16 heavy (non-hydrogen) atoms. The summed E-state index contributed by atoms with van der Waals surface area (Å²) in [6.07, 6.45) is 1.09. The maximum absolute atomic E-state index is 11.3. The van der Waals surface area contributed by atoms with Crippen LogP contribution in [-0.2, 0) is 6.54 Å². The number of carbonyl (C=O) groups is 1. The molecule has 0 aliphatic heterocycles. The Labute approximate surface area is 95.6 Å². The third kappa shape index (κ3) is 3.08. The lowest BCUT2D eigenvalue weighted by Crippen LogP contribution is -2.30. The minimum absolute atomic E-state index is 0.294. The number of nitrogens with one attached hydrogen (secondary N) is 1. The van der Waals surface area contributed by atoms with Crippen molar-refractivity contribution in [2.24, 2.45) is 5.84 Å². The molecular weight excluding hydrogens is 206 g/mol. The largest absolute Gasteiger partial charge is 0.454 e. The van der Waals surface area contributed by atoms with E-state index in [0.29, 0.717) is 12.3 Å². The molecule has 0 aromatic carbocycles. The number of carbonyl (C=O) groups excluding carboxylic acids is 1. The molecule has 0 saturated heterocycles. The Hall–Kier alpha value is -1.33. The number of nitrogens with zero attached hydrogens (tertiary/aromatic N) is 1. The van der Waals surface area contributed by atoms with Crippen molar-refractivity contribution in [2.75, 3.05) is 13.6 Å². The van der Waals surface area contributed by atoms with Gasteiger partial charge < -0.3 is 4.42 Å². The smallest absolute Gasteiger partial charge is 0.301 e. The van der Waals surface area contributed by atoms with Gasteiger partial charge in [0.25, 0.3) is 0 Å². The van der Waals surface area contributed by atoms with Crippen LogP contribution in [-0.4, -0.2) is 24.4 Å². The normalized spacial score (nSPS) is 10.8. The first kappa shape index (κ1) is 12.7. The number of hydrogen-bond donors (Lipinski definition) is 2. The maximum atomic E-state index is 11.3. The van der Waals surface area contributed by atoms with Crippen LogP contribution in [0.4, 0.5) is 0 Å². The van der Waals surface area contributed by atoms with Gasteiger partial charge in [-0.2, -0.15) is 0 Å². The van der Waals surface area contributed by atoms with Crippen LogP contribution in [0.25, 0.3) is 0 Å². The summed E-state index contributed by atoms with van der Waals surface area (Å²) in [4.78, 5) is 13.5. The van der Waals surface area contributed by atoms with Gasteiger partial charge >= 0.3 is 5.91 Å². The fraction of sp³-hybridized carbons (Fsp3) is 0.545. The average Bonchev–Trinajstić information content (AvgIpc) is 2.58. The Morgan fingerprint density at radius 3 is 2.88 bits per heavy atom. The fourth-order valence-corrected chi connectivity index (χ4v) is 1.64. The first-order valence-corrected chi connectivity index (χ1v) is 5.37. The second-order valence-corrected chi connectivity index (χ2v) is 3.94. The van der Waals surface area contributed by atoms with Crippen molar-refractivity contribution in [2.45, 2.75) is 26.8 Å². The van der Waals surface area contributed by atoms with Crippen molar-refractivity contribution in [3.05, 3.63) is 23.2 Å². The van der Waals surface area contributed by atoms with Crippen molar-refractivity contribution >= 4 is 5.91 Å². The summed E-state index contributed by atoms with van der Waals surface area (Å²) >= 11 is 0. The zero-order chi connectivity index (χ0) is 12.1. The first-order valence-electron chi connectivity index (χ1n) is 5.37. The van der Waals surface area contributed by atoms with Crippen molar-refractivity contribution in [1.29, 1.82) is 0 Å². The van der Waals surface area contributed by atoms with E-state index in [2.05, 4.69) is 17.2 Å². The highest BCUT2D eigenvalue weighted by Gasteiger charge is 2.15. The molecule has 1 aromatic heterocycles. The number of nitrogen functional groups attached to an aromatic ring is 1. The van der Waals surface area contributed by atoms with Crippen LogP contribution in [0.3, 0.4) is 0 Å². The van der Waals surface area contributed by atoms with E-state index in [9.17, 15) is 4.79 Å². The number of rotatable bonds is 5. The minimum atomic E-state index is -0.387. The topological polar surface area (TPSA) is 71.5 Å². The van der Waals surface area contributed by atoms with Gasteiger partial charge in [0.15, 0.2) is 5.76 Å². The number of furan rings is 1. The van der Waals surface area contributed by atoms with Crippen LogP contribution in [0, 0.1) is 6.92 Å². The van der Waals surface area contributed by atoms with E-state index in [1.165, 1.54) is 0 Å². The highest BCUT2D eigenvalue weighted by atomic mass is 16.4. The van der Waals surface area contributed by atoms with Crippen LogP contribution in [0.5, 0.6) is 0 Å². The third-order valence-electron chi connectivity index (χ3n) is 2.34. The van der Waals surface area contributed by atoms with E-state index >= 15 is 0 Å². The van der Waals surface area contributed by atoms with E-state index in [1.807, 2.05) is 20.0 Å². The highest BCUT2D eigenvalue weighted by Crippen LogP contribution is 2.15. The van der Waals surface area contributed by atoms with E-state index in [-0.39, 0.29) is 5.91 Å². The zero-order valence-corrected chi connectivity index (χ0v) is 10.0. The lowest BCUT2D eigenvalue weighted by atomic mass is 10.2. The average molecular weight is 225 g/mol.